The molecule has 0 aromatic heterocycles. The smallest absolute Gasteiger partial charge is 0.416 e. The van der Waals surface area contributed by atoms with E-state index in [4.69, 9.17) is 4.74 Å². The normalized spacial score (nSPS) is 15.7. The molecule has 0 saturated carbocycles. The molecule has 0 spiro atoms. The zero-order valence-corrected chi connectivity index (χ0v) is 23.4. The summed E-state index contributed by atoms with van der Waals surface area (Å²) in [7, 11) is 2.16. The zero-order valence-electron chi connectivity index (χ0n) is 23.4. The van der Waals surface area contributed by atoms with E-state index in [0.717, 1.165) is 43.0 Å². The first-order valence-corrected chi connectivity index (χ1v) is 13.6. The molecule has 5 nitrogen and oxygen atoms in total. The van der Waals surface area contributed by atoms with Gasteiger partial charge in [-0.1, -0.05) is 19.4 Å². The van der Waals surface area contributed by atoms with E-state index in [-0.39, 0.29) is 17.5 Å². The van der Waals surface area contributed by atoms with E-state index in [1.54, 1.807) is 4.90 Å². The number of hydrogen-bond donors (Lipinski definition) is 0. The number of alkyl halides is 3. The van der Waals surface area contributed by atoms with Crippen molar-refractivity contribution in [2.45, 2.75) is 59.2 Å². The van der Waals surface area contributed by atoms with Crippen molar-refractivity contribution in [1.29, 1.82) is 0 Å². The maximum atomic E-state index is 12.8. The van der Waals surface area contributed by atoms with Crippen LogP contribution in [-0.2, 0) is 6.18 Å². The van der Waals surface area contributed by atoms with Crippen LogP contribution in [0.4, 0.5) is 13.2 Å². The van der Waals surface area contributed by atoms with Crippen molar-refractivity contribution in [2.75, 3.05) is 52.9 Å². The number of halogens is 3. The number of amides is 1. The van der Waals surface area contributed by atoms with Crippen molar-refractivity contribution in [1.82, 2.24) is 14.7 Å². The first kappa shape index (κ1) is 30.0. The lowest BCUT2D eigenvalue weighted by Gasteiger charge is -2.39. The molecule has 1 fully saturated rings. The van der Waals surface area contributed by atoms with Crippen LogP contribution in [0.5, 0.6) is 5.75 Å². The van der Waals surface area contributed by atoms with Crippen LogP contribution in [0.1, 0.15) is 71.8 Å². The van der Waals surface area contributed by atoms with Gasteiger partial charge in [-0.2, -0.15) is 13.2 Å². The number of carbonyl (C=O) groups excluding carboxylic acids is 1. The molecule has 1 heterocycles. The number of benzene rings is 2. The second-order valence-electron chi connectivity index (χ2n) is 10.3. The number of unbranched alkanes of at least 4 members (excludes halogenated alkanes) is 1. The van der Waals surface area contributed by atoms with E-state index < -0.39 is 11.7 Å². The van der Waals surface area contributed by atoms with Gasteiger partial charge in [0.25, 0.3) is 5.91 Å². The lowest BCUT2D eigenvalue weighted by Crippen LogP contribution is -2.49. The van der Waals surface area contributed by atoms with E-state index >= 15 is 0 Å². The molecule has 2 aromatic rings. The number of hydrogen-bond acceptors (Lipinski definition) is 4. The highest BCUT2D eigenvalue weighted by molar-refractivity contribution is 5.94. The highest BCUT2D eigenvalue weighted by Crippen LogP contribution is 2.32. The summed E-state index contributed by atoms with van der Waals surface area (Å²) >= 11 is 0. The van der Waals surface area contributed by atoms with Crippen molar-refractivity contribution >= 4 is 5.91 Å². The summed E-state index contributed by atoms with van der Waals surface area (Å²) in [6, 6.07) is 8.86. The quantitative estimate of drug-likeness (QED) is 0.316. The molecule has 1 aliphatic heterocycles. The van der Waals surface area contributed by atoms with Crippen LogP contribution < -0.4 is 4.74 Å². The lowest BCUT2D eigenvalue weighted by atomic mass is 9.96. The number of rotatable bonds is 11. The Labute approximate surface area is 225 Å². The van der Waals surface area contributed by atoms with Gasteiger partial charge in [0, 0.05) is 44.3 Å². The minimum Gasteiger partial charge on any atom is -0.493 e. The molecule has 38 heavy (non-hydrogen) atoms. The Hall–Kier alpha value is -2.58. The minimum absolute atomic E-state index is 0.179. The van der Waals surface area contributed by atoms with Crippen LogP contribution in [0.3, 0.4) is 0 Å². The van der Waals surface area contributed by atoms with Crippen molar-refractivity contribution < 1.29 is 22.7 Å². The molecule has 1 atom stereocenters. The fourth-order valence-electron chi connectivity index (χ4n) is 4.98. The minimum atomic E-state index is -4.41. The molecule has 0 aliphatic carbocycles. The van der Waals surface area contributed by atoms with Gasteiger partial charge in [-0.3, -0.25) is 9.69 Å². The predicted octanol–water partition coefficient (Wildman–Crippen LogP) is 6.34. The molecule has 0 N–H and O–H groups in total. The Morgan fingerprint density at radius 3 is 2.21 bits per heavy atom. The fraction of sp³-hybridized carbons (Fsp3) is 0.567. The van der Waals surface area contributed by atoms with E-state index in [1.807, 2.05) is 0 Å². The van der Waals surface area contributed by atoms with Gasteiger partial charge in [-0.15, -0.1) is 0 Å². The second kappa shape index (κ2) is 13.5. The van der Waals surface area contributed by atoms with Gasteiger partial charge in [0.1, 0.15) is 5.75 Å². The third-order valence-electron chi connectivity index (χ3n) is 7.67. The molecule has 2 aromatic carbocycles. The average Bonchev–Trinajstić information content (AvgIpc) is 2.91. The van der Waals surface area contributed by atoms with Crippen LogP contribution in [0.2, 0.25) is 0 Å². The van der Waals surface area contributed by atoms with Gasteiger partial charge in [-0.05, 0) is 94.2 Å². The first-order valence-electron chi connectivity index (χ1n) is 13.6. The molecule has 1 aliphatic rings. The largest absolute Gasteiger partial charge is 0.493 e. The van der Waals surface area contributed by atoms with Crippen molar-refractivity contribution in [2.24, 2.45) is 0 Å². The Morgan fingerprint density at radius 2 is 1.61 bits per heavy atom. The molecule has 0 bridgehead atoms. The van der Waals surface area contributed by atoms with Crippen molar-refractivity contribution in [3.05, 3.63) is 64.2 Å². The highest BCUT2D eigenvalue weighted by atomic mass is 19.4. The van der Waals surface area contributed by atoms with Crippen molar-refractivity contribution in [3.8, 4) is 5.75 Å². The summed E-state index contributed by atoms with van der Waals surface area (Å²) in [6.07, 6.45) is -0.984. The van der Waals surface area contributed by atoms with Crippen LogP contribution >= 0.6 is 0 Å². The zero-order chi connectivity index (χ0) is 27.9. The maximum absolute atomic E-state index is 12.8. The third kappa shape index (κ3) is 7.73. The molecular weight excluding hydrogens is 491 g/mol. The summed E-state index contributed by atoms with van der Waals surface area (Å²) in [6.45, 7) is 14.0. The molecule has 210 valence electrons. The van der Waals surface area contributed by atoms with Crippen molar-refractivity contribution in [3.63, 3.8) is 0 Å². The van der Waals surface area contributed by atoms with Gasteiger partial charge in [-0.25, -0.2) is 0 Å². The Kier molecular flexibility index (Phi) is 10.6. The summed E-state index contributed by atoms with van der Waals surface area (Å²) < 4.78 is 44.6. The Morgan fingerprint density at radius 1 is 0.974 bits per heavy atom. The Bertz CT molecular complexity index is 1050. The average molecular weight is 534 g/mol. The summed E-state index contributed by atoms with van der Waals surface area (Å²) in [5, 5.41) is 0. The molecule has 0 radical (unpaired) electrons. The van der Waals surface area contributed by atoms with Crippen LogP contribution in [0.25, 0.3) is 0 Å². The van der Waals surface area contributed by atoms with E-state index in [0.29, 0.717) is 32.8 Å². The SMILES string of the molecule is CCCCN(C)CCCOc1ccc(C(C)N2CCN(C(=O)c3ccc(C(F)(F)F)cc3)CC2)c(C)c1C. The first-order chi connectivity index (χ1) is 18.0. The van der Waals surface area contributed by atoms with E-state index in [2.05, 4.69) is 56.7 Å². The predicted molar refractivity (Wildman–Crippen MR) is 146 cm³/mol. The molecule has 1 amide bonds. The Balaban J connectivity index is 1.53. The highest BCUT2D eigenvalue weighted by Gasteiger charge is 2.31. The van der Waals surface area contributed by atoms with Gasteiger partial charge >= 0.3 is 6.18 Å². The van der Waals surface area contributed by atoms with Crippen LogP contribution in [0.15, 0.2) is 36.4 Å². The monoisotopic (exact) mass is 533 g/mol. The summed E-state index contributed by atoms with van der Waals surface area (Å²) in [5.74, 6) is 0.706. The van der Waals surface area contributed by atoms with Crippen LogP contribution in [0, 0.1) is 13.8 Å². The van der Waals surface area contributed by atoms with E-state index in [1.165, 1.54) is 36.1 Å². The molecule has 8 heteroatoms. The number of piperazine rings is 1. The second-order valence-corrected chi connectivity index (χ2v) is 10.3. The maximum Gasteiger partial charge on any atom is 0.416 e. The van der Waals surface area contributed by atoms with Gasteiger partial charge in [0.15, 0.2) is 0 Å². The van der Waals surface area contributed by atoms with Gasteiger partial charge < -0.3 is 14.5 Å². The fourth-order valence-corrected chi connectivity index (χ4v) is 4.98. The molecule has 1 unspecified atom stereocenters. The number of carbonyl (C=O) groups is 1. The summed E-state index contributed by atoms with van der Waals surface area (Å²) in [4.78, 5) is 19.3. The van der Waals surface area contributed by atoms with E-state index in [9.17, 15) is 18.0 Å². The lowest BCUT2D eigenvalue weighted by molar-refractivity contribution is -0.137. The number of ether oxygens (including phenoxy) is 1. The van der Waals surface area contributed by atoms with Crippen LogP contribution in [-0.4, -0.2) is 73.5 Å². The number of nitrogens with zero attached hydrogens (tertiary/aromatic N) is 3. The molecular formula is C30H42F3N3O2. The third-order valence-corrected chi connectivity index (χ3v) is 7.67. The van der Waals surface area contributed by atoms with Gasteiger partial charge in [0.2, 0.25) is 0 Å². The summed E-state index contributed by atoms with van der Waals surface area (Å²) in [5.41, 5.74) is 3.17. The topological polar surface area (TPSA) is 36.0 Å². The molecule has 1 saturated heterocycles. The van der Waals surface area contributed by atoms with Gasteiger partial charge in [0.05, 0.1) is 12.2 Å². The molecule has 3 rings (SSSR count). The standard InChI is InChI=1S/C30H42F3N3O2/c1-6-7-15-34(5)16-8-21-38-28-14-13-27(22(2)23(28)3)24(4)35-17-19-36(20-18-35)29(37)25-9-11-26(12-10-25)30(31,32)33/h9-14,24H,6-8,15-21H2,1-5H3.